The number of aromatic nitrogens is 2. The molecule has 0 bridgehead atoms. The van der Waals surface area contributed by atoms with Gasteiger partial charge in [-0.15, -0.1) is 0 Å². The highest BCUT2D eigenvalue weighted by atomic mass is 14.7. The highest BCUT2D eigenvalue weighted by Crippen LogP contribution is 2.23. The molecule has 0 saturated carbocycles. The van der Waals surface area contributed by atoms with Crippen LogP contribution in [-0.2, 0) is 6.54 Å². The van der Waals surface area contributed by atoms with Crippen LogP contribution in [0.5, 0.6) is 0 Å². The number of nitrogens with one attached hydrogen (secondary N) is 1. The third-order valence-corrected chi connectivity index (χ3v) is 2.82. The van der Waals surface area contributed by atoms with E-state index in [4.69, 9.17) is 5.73 Å². The van der Waals surface area contributed by atoms with Gasteiger partial charge in [-0.25, -0.2) is 0 Å². The molecule has 3 nitrogen and oxygen atoms in total. The van der Waals surface area contributed by atoms with E-state index in [9.17, 15) is 0 Å². The van der Waals surface area contributed by atoms with Crippen molar-refractivity contribution in [1.29, 1.82) is 0 Å². The number of nitrogens with zero attached hydrogens (tertiary/aromatic N) is 1. The van der Waals surface area contributed by atoms with Crippen molar-refractivity contribution in [2.24, 2.45) is 5.73 Å². The van der Waals surface area contributed by atoms with Crippen LogP contribution in [0, 0.1) is 6.20 Å². The van der Waals surface area contributed by atoms with E-state index in [0.29, 0.717) is 6.54 Å². The smallest absolute Gasteiger partial charge is 0.0986 e. The van der Waals surface area contributed by atoms with Gasteiger partial charge in [0.15, 0.2) is 0 Å². The van der Waals surface area contributed by atoms with E-state index in [1.807, 2.05) is 18.2 Å². The van der Waals surface area contributed by atoms with E-state index in [2.05, 4.69) is 34.4 Å². The van der Waals surface area contributed by atoms with Crippen molar-refractivity contribution in [3.05, 3.63) is 54.4 Å². The van der Waals surface area contributed by atoms with Crippen molar-refractivity contribution in [2.75, 3.05) is 0 Å². The monoisotopic (exact) mass is 222 g/mol. The Morgan fingerprint density at radius 3 is 2.94 bits per heavy atom. The van der Waals surface area contributed by atoms with Gasteiger partial charge in [-0.05, 0) is 35.9 Å². The molecule has 0 saturated heterocycles. The van der Waals surface area contributed by atoms with Gasteiger partial charge in [-0.1, -0.05) is 6.07 Å². The number of nitrogens with two attached hydrogens (primary N) is 1. The first kappa shape index (κ1) is 10.1. The number of H-pyrrole nitrogens is 1. The molecule has 0 spiro atoms. The van der Waals surface area contributed by atoms with Crippen LogP contribution in [0.2, 0.25) is 0 Å². The summed E-state index contributed by atoms with van der Waals surface area (Å²) in [6.45, 7) is 0.565. The Morgan fingerprint density at radius 2 is 2.18 bits per heavy atom. The highest BCUT2D eigenvalue weighted by molar-refractivity contribution is 5.86. The molecule has 0 amide bonds. The molecule has 0 fully saturated rings. The maximum Gasteiger partial charge on any atom is 0.0986 e. The maximum atomic E-state index is 5.63. The first-order valence-corrected chi connectivity index (χ1v) is 5.51. The van der Waals surface area contributed by atoms with Gasteiger partial charge >= 0.3 is 0 Å². The first-order valence-electron chi connectivity index (χ1n) is 5.51. The number of aromatic amines is 1. The van der Waals surface area contributed by atoms with Crippen LogP contribution in [0.4, 0.5) is 0 Å². The van der Waals surface area contributed by atoms with E-state index in [-0.39, 0.29) is 0 Å². The molecular formula is C14H12N3. The second-order valence-electron chi connectivity index (χ2n) is 3.97. The van der Waals surface area contributed by atoms with Gasteiger partial charge in [-0.3, -0.25) is 4.98 Å². The number of hydrogen-bond acceptors (Lipinski definition) is 2. The lowest BCUT2D eigenvalue weighted by atomic mass is 10.1. The Kier molecular flexibility index (Phi) is 2.38. The van der Waals surface area contributed by atoms with Crippen LogP contribution < -0.4 is 5.73 Å². The molecule has 0 atom stereocenters. The zero-order valence-electron chi connectivity index (χ0n) is 9.27. The second kappa shape index (κ2) is 4.03. The van der Waals surface area contributed by atoms with Gasteiger partial charge in [0.05, 0.1) is 6.20 Å². The fourth-order valence-electron chi connectivity index (χ4n) is 1.93. The van der Waals surface area contributed by atoms with Gasteiger partial charge in [0.2, 0.25) is 0 Å². The van der Waals surface area contributed by atoms with Crippen LogP contribution in [0.1, 0.15) is 5.56 Å². The largest absolute Gasteiger partial charge is 0.354 e. The molecule has 2 heterocycles. The van der Waals surface area contributed by atoms with E-state index in [1.54, 1.807) is 6.20 Å². The average Bonchev–Trinajstić information content (AvgIpc) is 2.82. The van der Waals surface area contributed by atoms with Gasteiger partial charge in [0.25, 0.3) is 0 Å². The summed E-state index contributed by atoms with van der Waals surface area (Å²) >= 11 is 0. The number of fused-ring (bicyclic) bond motifs is 1. The van der Waals surface area contributed by atoms with Crippen molar-refractivity contribution in [2.45, 2.75) is 6.54 Å². The Balaban J connectivity index is 2.14. The van der Waals surface area contributed by atoms with Gasteiger partial charge < -0.3 is 10.7 Å². The lowest BCUT2D eigenvalue weighted by Crippen LogP contribution is -1.94. The molecular weight excluding hydrogens is 210 g/mol. The zero-order valence-corrected chi connectivity index (χ0v) is 9.27. The number of pyridine rings is 1. The molecule has 3 aromatic rings. The molecule has 0 aliphatic carbocycles. The van der Waals surface area contributed by atoms with Crippen molar-refractivity contribution >= 4 is 10.9 Å². The fourth-order valence-corrected chi connectivity index (χ4v) is 1.93. The SMILES string of the molecule is NCc1ccc2[nH]c(-c3[c]nccc3)cc2c1. The number of rotatable bonds is 2. The van der Waals surface area contributed by atoms with E-state index in [1.165, 1.54) is 5.39 Å². The molecule has 83 valence electrons. The Labute approximate surface area is 99.3 Å². The third kappa shape index (κ3) is 1.81. The molecule has 0 unspecified atom stereocenters. The summed E-state index contributed by atoms with van der Waals surface area (Å²) in [5, 5.41) is 1.17. The highest BCUT2D eigenvalue weighted by Gasteiger charge is 2.03. The van der Waals surface area contributed by atoms with Crippen LogP contribution in [0.25, 0.3) is 22.2 Å². The first-order chi connectivity index (χ1) is 8.36. The molecule has 3 heteroatoms. The van der Waals surface area contributed by atoms with Crippen molar-refractivity contribution < 1.29 is 0 Å². The van der Waals surface area contributed by atoms with E-state index >= 15 is 0 Å². The van der Waals surface area contributed by atoms with E-state index < -0.39 is 0 Å². The molecule has 17 heavy (non-hydrogen) atoms. The fraction of sp³-hybridized carbons (Fsp3) is 0.0714. The molecule has 3 N–H and O–H groups in total. The molecule has 3 rings (SSSR count). The zero-order chi connectivity index (χ0) is 11.7. The minimum absolute atomic E-state index is 0.565. The number of hydrogen-bond donors (Lipinski definition) is 2. The predicted octanol–water partition coefficient (Wildman–Crippen LogP) is 2.49. The maximum absolute atomic E-state index is 5.63. The lowest BCUT2D eigenvalue weighted by molar-refractivity contribution is 1.08. The summed E-state index contributed by atoms with van der Waals surface area (Å²) in [4.78, 5) is 7.35. The summed E-state index contributed by atoms with van der Waals surface area (Å²) in [5.74, 6) is 0. The minimum Gasteiger partial charge on any atom is -0.354 e. The normalized spacial score (nSPS) is 10.9. The van der Waals surface area contributed by atoms with Crippen LogP contribution in [-0.4, -0.2) is 9.97 Å². The Hall–Kier alpha value is -2.13. The standard InChI is InChI=1S/C14H12N3/c15-8-10-3-4-13-12(6-10)7-14(17-13)11-2-1-5-16-9-11/h1-7,17H,8,15H2. The quantitative estimate of drug-likeness (QED) is 0.700. The second-order valence-corrected chi connectivity index (χ2v) is 3.97. The molecule has 0 aliphatic rings. The van der Waals surface area contributed by atoms with Crippen LogP contribution in [0.15, 0.2) is 42.6 Å². The lowest BCUT2D eigenvalue weighted by Gasteiger charge is -1.95. The topological polar surface area (TPSA) is 54.7 Å². The van der Waals surface area contributed by atoms with E-state index in [0.717, 1.165) is 22.3 Å². The van der Waals surface area contributed by atoms with Gasteiger partial charge in [0.1, 0.15) is 0 Å². The summed E-state index contributed by atoms with van der Waals surface area (Å²) in [5.41, 5.74) is 9.88. The summed E-state index contributed by atoms with van der Waals surface area (Å²) < 4.78 is 0. The molecule has 0 aliphatic heterocycles. The van der Waals surface area contributed by atoms with Crippen LogP contribution in [0.3, 0.4) is 0 Å². The summed E-state index contributed by atoms with van der Waals surface area (Å²) in [6, 6.07) is 12.2. The van der Waals surface area contributed by atoms with Crippen LogP contribution >= 0.6 is 0 Å². The van der Waals surface area contributed by atoms with Gasteiger partial charge in [-0.2, -0.15) is 0 Å². The molecule has 1 aromatic carbocycles. The van der Waals surface area contributed by atoms with Gasteiger partial charge in [0, 0.05) is 34.9 Å². The van der Waals surface area contributed by atoms with Crippen molar-refractivity contribution in [1.82, 2.24) is 9.97 Å². The summed E-state index contributed by atoms with van der Waals surface area (Å²) in [6.07, 6.45) is 4.69. The Morgan fingerprint density at radius 1 is 1.24 bits per heavy atom. The third-order valence-electron chi connectivity index (χ3n) is 2.82. The van der Waals surface area contributed by atoms with Crippen molar-refractivity contribution in [3.63, 3.8) is 0 Å². The predicted molar refractivity (Wildman–Crippen MR) is 68.3 cm³/mol. The summed E-state index contributed by atoms with van der Waals surface area (Å²) in [7, 11) is 0. The minimum atomic E-state index is 0.565. The Bertz CT molecular complexity index is 641. The molecule has 2 aromatic heterocycles. The number of benzene rings is 1. The van der Waals surface area contributed by atoms with Crippen molar-refractivity contribution in [3.8, 4) is 11.3 Å². The average molecular weight is 222 g/mol. The molecule has 1 radical (unpaired) electrons.